The largest absolute Gasteiger partial charge is 0.0979 e. The average molecular weight is 385 g/mol. The van der Waals surface area contributed by atoms with E-state index in [1.165, 1.54) is 22.8 Å². The van der Waals surface area contributed by atoms with E-state index in [-0.39, 0.29) is 5.04 Å². The summed E-state index contributed by atoms with van der Waals surface area (Å²) < 4.78 is 0. The van der Waals surface area contributed by atoms with Crippen molar-refractivity contribution in [3.8, 4) is 0 Å². The van der Waals surface area contributed by atoms with Gasteiger partial charge in [-0.25, -0.2) is 0 Å². The third kappa shape index (κ3) is 3.60. The SMILES string of the molecule is CC1=CC(C)([Si](C)(CC(C)C)c2cc(C)cc([Si](C)(C)C)c2)C(C)=C1C. The second kappa shape index (κ2) is 6.94. The topological polar surface area (TPSA) is 0 Å². The van der Waals surface area contributed by atoms with Crippen molar-refractivity contribution >= 4 is 26.5 Å². The third-order valence-corrected chi connectivity index (χ3v) is 15.0. The Hall–Kier alpha value is -0.866. The van der Waals surface area contributed by atoms with Gasteiger partial charge in [-0.1, -0.05) is 104 Å². The van der Waals surface area contributed by atoms with E-state index in [0.717, 1.165) is 5.92 Å². The molecule has 2 rings (SSSR count). The van der Waals surface area contributed by atoms with Crippen LogP contribution in [-0.4, -0.2) is 16.1 Å². The van der Waals surface area contributed by atoms with Crippen LogP contribution in [0, 0.1) is 12.8 Å². The monoisotopic (exact) mass is 384 g/mol. The van der Waals surface area contributed by atoms with E-state index < -0.39 is 16.1 Å². The van der Waals surface area contributed by atoms with E-state index in [1.807, 2.05) is 0 Å². The number of rotatable bonds is 5. The maximum Gasteiger partial charge on any atom is 0.0979 e. The van der Waals surface area contributed by atoms with Gasteiger partial charge in [0.15, 0.2) is 0 Å². The smallest absolute Gasteiger partial charge is 0.0737 e. The molecular weight excluding hydrogens is 344 g/mol. The van der Waals surface area contributed by atoms with E-state index >= 15 is 0 Å². The van der Waals surface area contributed by atoms with Crippen LogP contribution in [0.2, 0.25) is 37.3 Å². The molecule has 0 spiro atoms. The second-order valence-corrected chi connectivity index (χ2v) is 20.3. The highest BCUT2D eigenvalue weighted by Gasteiger charge is 2.50. The average Bonchev–Trinajstić information content (AvgIpc) is 2.69. The Morgan fingerprint density at radius 1 is 0.885 bits per heavy atom. The summed E-state index contributed by atoms with van der Waals surface area (Å²) in [5.41, 5.74) is 6.07. The van der Waals surface area contributed by atoms with Crippen molar-refractivity contribution in [3.05, 3.63) is 46.6 Å². The fourth-order valence-corrected chi connectivity index (χ4v) is 11.7. The molecule has 144 valence electrons. The van der Waals surface area contributed by atoms with Gasteiger partial charge < -0.3 is 0 Å². The molecule has 0 nitrogen and oxygen atoms in total. The summed E-state index contributed by atoms with van der Waals surface area (Å²) >= 11 is 0. The molecule has 0 N–H and O–H groups in total. The Labute approximate surface area is 164 Å². The summed E-state index contributed by atoms with van der Waals surface area (Å²) in [6.45, 7) is 26.7. The van der Waals surface area contributed by atoms with Gasteiger partial charge in [-0.3, -0.25) is 0 Å². The number of aryl methyl sites for hydroxylation is 1. The van der Waals surface area contributed by atoms with Gasteiger partial charge in [0.05, 0.1) is 16.1 Å². The van der Waals surface area contributed by atoms with E-state index in [0.29, 0.717) is 0 Å². The molecule has 0 heterocycles. The molecule has 2 atom stereocenters. The maximum absolute atomic E-state index is 2.65. The number of hydrogen-bond acceptors (Lipinski definition) is 0. The normalized spacial score (nSPS) is 23.5. The molecule has 0 aromatic heterocycles. The zero-order valence-electron chi connectivity index (χ0n) is 19.1. The van der Waals surface area contributed by atoms with Gasteiger partial charge >= 0.3 is 0 Å². The van der Waals surface area contributed by atoms with Crippen molar-refractivity contribution in [1.29, 1.82) is 0 Å². The quantitative estimate of drug-likeness (QED) is 0.506. The molecule has 0 amide bonds. The Bertz CT molecular complexity index is 761. The Morgan fingerprint density at radius 2 is 1.42 bits per heavy atom. The maximum atomic E-state index is 2.65. The van der Waals surface area contributed by atoms with Crippen LogP contribution in [-0.2, 0) is 0 Å². The van der Waals surface area contributed by atoms with Crippen LogP contribution in [0.15, 0.2) is 41.0 Å². The van der Waals surface area contributed by atoms with Gasteiger partial charge in [-0.05, 0) is 39.2 Å². The Morgan fingerprint density at radius 3 is 1.85 bits per heavy atom. The van der Waals surface area contributed by atoms with Crippen molar-refractivity contribution in [2.24, 2.45) is 5.92 Å². The minimum absolute atomic E-state index is 0.218. The standard InChI is InChI=1S/C24H40Si2/c1-17(2)16-26(11,24(7)15-19(4)20(5)21(24)6)23-13-18(3)12-22(14-23)25(8,9)10/h12-15,17H,16H2,1-11H3. The Kier molecular flexibility index (Phi) is 5.72. The number of allylic oxidation sites excluding steroid dienone is 4. The van der Waals surface area contributed by atoms with Crippen LogP contribution < -0.4 is 10.4 Å². The molecule has 0 radical (unpaired) electrons. The summed E-state index contributed by atoms with van der Waals surface area (Å²) in [5.74, 6) is 0.724. The minimum atomic E-state index is -1.78. The predicted molar refractivity (Wildman–Crippen MR) is 126 cm³/mol. The summed E-state index contributed by atoms with van der Waals surface area (Å²) in [5, 5.41) is 3.51. The third-order valence-electron chi connectivity index (χ3n) is 6.98. The molecule has 2 heteroatoms. The molecule has 0 fully saturated rings. The van der Waals surface area contributed by atoms with Crippen LogP contribution in [0.25, 0.3) is 0 Å². The van der Waals surface area contributed by atoms with Gasteiger partial charge in [0.25, 0.3) is 0 Å². The van der Waals surface area contributed by atoms with E-state index in [1.54, 1.807) is 15.9 Å². The van der Waals surface area contributed by atoms with Crippen molar-refractivity contribution in [2.75, 3.05) is 0 Å². The molecule has 0 bridgehead atoms. The van der Waals surface area contributed by atoms with Gasteiger partial charge in [-0.2, -0.15) is 0 Å². The zero-order valence-corrected chi connectivity index (χ0v) is 21.1. The van der Waals surface area contributed by atoms with Crippen molar-refractivity contribution in [2.45, 2.75) is 85.7 Å². The van der Waals surface area contributed by atoms with Gasteiger partial charge in [0.1, 0.15) is 0 Å². The highest BCUT2D eigenvalue weighted by molar-refractivity contribution is 6.95. The van der Waals surface area contributed by atoms with Crippen molar-refractivity contribution in [3.63, 3.8) is 0 Å². The van der Waals surface area contributed by atoms with Crippen molar-refractivity contribution in [1.82, 2.24) is 0 Å². The first-order valence-electron chi connectivity index (χ1n) is 10.2. The summed E-state index contributed by atoms with van der Waals surface area (Å²) in [6, 6.07) is 8.93. The van der Waals surface area contributed by atoms with E-state index in [9.17, 15) is 0 Å². The lowest BCUT2D eigenvalue weighted by molar-refractivity contribution is 0.699. The first-order valence-corrected chi connectivity index (χ1v) is 16.4. The summed E-state index contributed by atoms with van der Waals surface area (Å²) in [6.07, 6.45) is 2.61. The van der Waals surface area contributed by atoms with Crippen molar-refractivity contribution < 1.29 is 0 Å². The van der Waals surface area contributed by atoms with Gasteiger partial charge in [0, 0.05) is 5.04 Å². The fraction of sp³-hybridized carbons (Fsp3) is 0.583. The van der Waals surface area contributed by atoms with Crippen LogP contribution >= 0.6 is 0 Å². The first-order chi connectivity index (χ1) is 11.7. The molecule has 0 saturated heterocycles. The lowest BCUT2D eigenvalue weighted by Gasteiger charge is -2.45. The zero-order chi connectivity index (χ0) is 20.1. The van der Waals surface area contributed by atoms with Gasteiger partial charge in [-0.15, -0.1) is 0 Å². The van der Waals surface area contributed by atoms with Gasteiger partial charge in [0.2, 0.25) is 0 Å². The highest BCUT2D eigenvalue weighted by atomic mass is 28.3. The molecule has 1 aromatic rings. The first kappa shape index (κ1) is 21.4. The second-order valence-electron chi connectivity index (χ2n) is 10.5. The predicted octanol–water partition coefficient (Wildman–Crippen LogP) is 6.54. The minimum Gasteiger partial charge on any atom is -0.0737 e. The van der Waals surface area contributed by atoms with E-state index in [2.05, 4.69) is 98.9 Å². The van der Waals surface area contributed by atoms with Crippen LogP contribution in [0.5, 0.6) is 0 Å². The highest BCUT2D eigenvalue weighted by Crippen LogP contribution is 2.54. The molecule has 26 heavy (non-hydrogen) atoms. The van der Waals surface area contributed by atoms with E-state index in [4.69, 9.17) is 0 Å². The van der Waals surface area contributed by atoms with Crippen LogP contribution in [0.1, 0.15) is 47.1 Å². The van der Waals surface area contributed by atoms with Crippen LogP contribution in [0.4, 0.5) is 0 Å². The molecule has 1 aliphatic rings. The number of benzene rings is 1. The number of hydrogen-bond donors (Lipinski definition) is 0. The summed E-state index contributed by atoms with van der Waals surface area (Å²) in [7, 11) is -3.11. The Balaban J connectivity index is 2.76. The molecule has 1 aromatic carbocycles. The van der Waals surface area contributed by atoms with Crippen LogP contribution in [0.3, 0.4) is 0 Å². The summed E-state index contributed by atoms with van der Waals surface area (Å²) in [4.78, 5) is 0. The lowest BCUT2D eigenvalue weighted by atomic mass is 10.0. The fourth-order valence-electron chi connectivity index (χ4n) is 4.89. The molecule has 0 saturated carbocycles. The lowest BCUT2D eigenvalue weighted by Crippen LogP contribution is -2.56. The molecular formula is C24H40Si2. The molecule has 0 aliphatic heterocycles. The molecule has 1 aliphatic carbocycles. The molecule has 2 unspecified atom stereocenters.